The minimum absolute atomic E-state index is 0.497. The number of benzene rings is 1. The molecular formula is C19H12ClIN6S. The Morgan fingerprint density at radius 1 is 1.21 bits per heavy atom. The van der Waals surface area contributed by atoms with Crippen LogP contribution in [0.15, 0.2) is 42.9 Å². The summed E-state index contributed by atoms with van der Waals surface area (Å²) in [4.78, 5) is 17.9. The van der Waals surface area contributed by atoms with Gasteiger partial charge in [0.15, 0.2) is 0 Å². The van der Waals surface area contributed by atoms with Crippen molar-refractivity contribution >= 4 is 51.5 Å². The summed E-state index contributed by atoms with van der Waals surface area (Å²) < 4.78 is 0.956. The number of rotatable bonds is 4. The molecule has 0 saturated heterocycles. The lowest BCUT2D eigenvalue weighted by Crippen LogP contribution is -1.96. The Bertz CT molecular complexity index is 1200. The summed E-state index contributed by atoms with van der Waals surface area (Å²) >= 11 is 9.86. The summed E-state index contributed by atoms with van der Waals surface area (Å²) in [5.74, 6) is 1.20. The maximum Gasteiger partial charge on any atom is 0.222 e. The molecule has 0 fully saturated rings. The highest BCUT2D eigenvalue weighted by molar-refractivity contribution is 14.1. The number of hydrogen-bond acceptors (Lipinski definition) is 6. The molecule has 0 aliphatic heterocycles. The molecule has 3 heterocycles. The van der Waals surface area contributed by atoms with E-state index in [1.165, 1.54) is 11.3 Å². The number of H-pyrrole nitrogens is 1. The van der Waals surface area contributed by atoms with Crippen molar-refractivity contribution < 1.29 is 0 Å². The lowest BCUT2D eigenvalue weighted by atomic mass is 9.99. The predicted molar refractivity (Wildman–Crippen MR) is 120 cm³/mol. The zero-order chi connectivity index (χ0) is 19.7. The smallest absolute Gasteiger partial charge is 0.222 e. The van der Waals surface area contributed by atoms with E-state index in [0.29, 0.717) is 28.1 Å². The molecule has 0 amide bonds. The molecule has 3 aromatic heterocycles. The van der Waals surface area contributed by atoms with Crippen molar-refractivity contribution in [2.24, 2.45) is 0 Å². The molecule has 0 aliphatic carbocycles. The van der Waals surface area contributed by atoms with Crippen molar-refractivity contribution in [3.05, 3.63) is 57.0 Å². The zero-order valence-electron chi connectivity index (χ0n) is 14.5. The molecule has 6 nitrogen and oxygen atoms in total. The zero-order valence-corrected chi connectivity index (χ0v) is 18.2. The van der Waals surface area contributed by atoms with E-state index in [4.69, 9.17) is 11.6 Å². The van der Waals surface area contributed by atoms with E-state index in [2.05, 4.69) is 53.9 Å². The normalized spacial score (nSPS) is 10.6. The molecule has 0 unspecified atom stereocenters. The van der Waals surface area contributed by atoms with Crippen molar-refractivity contribution in [3.8, 4) is 38.5 Å². The van der Waals surface area contributed by atoms with Gasteiger partial charge in [-0.05, 0) is 46.4 Å². The van der Waals surface area contributed by atoms with Gasteiger partial charge >= 0.3 is 0 Å². The SMILES string of the molecule is CNc1nccc(-c2sc(-c3ncc[nH]3)c(-c3ccc(Cl)cc3I)c2C#N)n1. The molecule has 4 rings (SSSR count). The molecule has 0 saturated carbocycles. The first kappa shape index (κ1) is 18.9. The molecular weight excluding hydrogens is 507 g/mol. The number of nitriles is 1. The van der Waals surface area contributed by atoms with Crippen LogP contribution in [0, 0.1) is 14.9 Å². The van der Waals surface area contributed by atoms with Gasteiger partial charge in [-0.15, -0.1) is 11.3 Å². The molecule has 138 valence electrons. The van der Waals surface area contributed by atoms with Crippen molar-refractivity contribution in [2.75, 3.05) is 12.4 Å². The molecule has 0 aliphatic rings. The molecule has 28 heavy (non-hydrogen) atoms. The number of aromatic amines is 1. The molecule has 0 spiro atoms. The van der Waals surface area contributed by atoms with E-state index in [1.54, 1.807) is 31.7 Å². The first-order valence-electron chi connectivity index (χ1n) is 8.15. The van der Waals surface area contributed by atoms with Crippen LogP contribution in [-0.2, 0) is 0 Å². The topological polar surface area (TPSA) is 90.3 Å². The first-order valence-corrected chi connectivity index (χ1v) is 10.4. The Morgan fingerprint density at radius 2 is 2.07 bits per heavy atom. The average molecular weight is 519 g/mol. The quantitative estimate of drug-likeness (QED) is 0.352. The monoisotopic (exact) mass is 518 g/mol. The lowest BCUT2D eigenvalue weighted by Gasteiger charge is -2.07. The fourth-order valence-corrected chi connectivity index (χ4v) is 5.16. The van der Waals surface area contributed by atoms with Crippen molar-refractivity contribution in [1.82, 2.24) is 19.9 Å². The maximum absolute atomic E-state index is 10.0. The van der Waals surface area contributed by atoms with Crippen molar-refractivity contribution in [3.63, 3.8) is 0 Å². The van der Waals surface area contributed by atoms with E-state index in [-0.39, 0.29) is 0 Å². The van der Waals surface area contributed by atoms with Crippen LogP contribution in [0.5, 0.6) is 0 Å². The molecule has 0 atom stereocenters. The van der Waals surface area contributed by atoms with Gasteiger partial charge in [-0.2, -0.15) is 5.26 Å². The van der Waals surface area contributed by atoms with Crippen LogP contribution >= 0.6 is 45.5 Å². The van der Waals surface area contributed by atoms with E-state index in [1.807, 2.05) is 18.2 Å². The standard InChI is InChI=1S/C19H12ClIN6S/c1-23-19-26-5-4-14(27-19)16-12(9-22)15(11-3-2-10(20)8-13(11)21)17(28-16)18-24-6-7-25-18/h2-8H,1H3,(H,24,25)(H,23,26,27). The van der Waals surface area contributed by atoms with Crippen LogP contribution in [0.25, 0.3) is 32.4 Å². The third kappa shape index (κ3) is 3.37. The van der Waals surface area contributed by atoms with E-state index in [0.717, 1.165) is 24.5 Å². The van der Waals surface area contributed by atoms with Crippen molar-refractivity contribution in [2.45, 2.75) is 0 Å². The number of imidazole rings is 1. The van der Waals surface area contributed by atoms with Gasteiger partial charge < -0.3 is 10.3 Å². The highest BCUT2D eigenvalue weighted by atomic mass is 127. The second kappa shape index (κ2) is 7.87. The average Bonchev–Trinajstić information content (AvgIpc) is 3.35. The second-order valence-electron chi connectivity index (χ2n) is 5.70. The molecule has 0 bridgehead atoms. The number of hydrogen-bond donors (Lipinski definition) is 2. The predicted octanol–water partition coefficient (Wildman–Crippen LogP) is 5.43. The molecule has 9 heteroatoms. The fourth-order valence-electron chi connectivity index (χ4n) is 2.83. The number of halogens is 2. The Labute approximate surface area is 183 Å². The van der Waals surface area contributed by atoms with Gasteiger partial charge in [-0.1, -0.05) is 17.7 Å². The fraction of sp³-hybridized carbons (Fsp3) is 0.0526. The van der Waals surface area contributed by atoms with Gasteiger partial charge in [0.1, 0.15) is 11.9 Å². The van der Waals surface area contributed by atoms with Crippen LogP contribution in [0.2, 0.25) is 5.02 Å². The van der Waals surface area contributed by atoms with E-state index < -0.39 is 0 Å². The van der Waals surface area contributed by atoms with Crippen LogP contribution < -0.4 is 5.32 Å². The third-order valence-corrected chi connectivity index (χ3v) is 6.39. The van der Waals surface area contributed by atoms with E-state index in [9.17, 15) is 5.26 Å². The number of thiophene rings is 1. The van der Waals surface area contributed by atoms with Crippen LogP contribution in [0.1, 0.15) is 5.56 Å². The van der Waals surface area contributed by atoms with E-state index >= 15 is 0 Å². The molecule has 0 radical (unpaired) electrons. The summed E-state index contributed by atoms with van der Waals surface area (Å²) in [5.41, 5.74) is 2.99. The molecule has 4 aromatic rings. The third-order valence-electron chi connectivity index (χ3n) is 4.05. The number of anilines is 1. The summed E-state index contributed by atoms with van der Waals surface area (Å²) in [6, 6.07) is 9.82. The lowest BCUT2D eigenvalue weighted by molar-refractivity contribution is 1.16. The highest BCUT2D eigenvalue weighted by Crippen LogP contribution is 2.47. The van der Waals surface area contributed by atoms with Gasteiger partial charge in [0.2, 0.25) is 5.95 Å². The van der Waals surface area contributed by atoms with Crippen LogP contribution in [-0.4, -0.2) is 27.0 Å². The minimum Gasteiger partial charge on any atom is -0.357 e. The van der Waals surface area contributed by atoms with Crippen LogP contribution in [0.3, 0.4) is 0 Å². The summed E-state index contributed by atoms with van der Waals surface area (Å²) in [5, 5.41) is 13.6. The van der Waals surface area contributed by atoms with Crippen LogP contribution in [0.4, 0.5) is 5.95 Å². The highest BCUT2D eigenvalue weighted by Gasteiger charge is 2.25. The Morgan fingerprint density at radius 3 is 2.75 bits per heavy atom. The summed E-state index contributed by atoms with van der Waals surface area (Å²) in [6.45, 7) is 0. The van der Waals surface area contributed by atoms with Gasteiger partial charge in [-0.25, -0.2) is 15.0 Å². The summed E-state index contributed by atoms with van der Waals surface area (Å²) in [7, 11) is 1.76. The molecule has 1 aromatic carbocycles. The van der Waals surface area contributed by atoms with Crippen molar-refractivity contribution in [1.29, 1.82) is 5.26 Å². The minimum atomic E-state index is 0.497. The number of nitrogens with zero attached hydrogens (tertiary/aromatic N) is 4. The largest absolute Gasteiger partial charge is 0.357 e. The van der Waals surface area contributed by atoms with Gasteiger partial charge in [0.25, 0.3) is 0 Å². The number of aromatic nitrogens is 4. The number of nitrogens with one attached hydrogen (secondary N) is 2. The Kier molecular flexibility index (Phi) is 5.30. The van der Waals surface area contributed by atoms with Gasteiger partial charge in [0, 0.05) is 39.8 Å². The molecule has 2 N–H and O–H groups in total. The Balaban J connectivity index is 2.03. The second-order valence-corrected chi connectivity index (χ2v) is 8.32. The Hall–Kier alpha value is -2.48. The summed E-state index contributed by atoms with van der Waals surface area (Å²) in [6.07, 6.45) is 5.13. The maximum atomic E-state index is 10.0. The van der Waals surface area contributed by atoms with Gasteiger partial charge in [-0.3, -0.25) is 0 Å². The first-order chi connectivity index (χ1) is 13.6. The van der Waals surface area contributed by atoms with Gasteiger partial charge in [0.05, 0.1) is 21.0 Å².